The summed E-state index contributed by atoms with van der Waals surface area (Å²) in [4.78, 5) is 40.3. The molecule has 0 radical (unpaired) electrons. The van der Waals surface area contributed by atoms with Crippen molar-refractivity contribution in [3.05, 3.63) is 137 Å². The zero-order valence-electron chi connectivity index (χ0n) is 24.8. The number of nitrogens with one attached hydrogen (secondary N) is 1. The molecule has 4 aromatic carbocycles. The SMILES string of the molecule is C=C(C)C(=O)N(CCCOc1ccc(CC(Nc2ccccc2C(=O)c2ccccc2)C(=O)OC)cc1)c1ccccc1Cl. The van der Waals surface area contributed by atoms with Crippen LogP contribution in [-0.4, -0.2) is 44.0 Å². The van der Waals surface area contributed by atoms with Crippen molar-refractivity contribution in [2.75, 3.05) is 30.5 Å². The highest BCUT2D eigenvalue weighted by molar-refractivity contribution is 6.34. The number of para-hydroxylation sites is 2. The number of methoxy groups -OCH3 is 1. The predicted molar refractivity (Wildman–Crippen MR) is 175 cm³/mol. The number of halogens is 1. The maximum Gasteiger partial charge on any atom is 0.328 e. The topological polar surface area (TPSA) is 84.9 Å². The molecule has 1 N–H and O–H groups in total. The molecule has 0 saturated carbocycles. The number of esters is 1. The van der Waals surface area contributed by atoms with Gasteiger partial charge in [0.15, 0.2) is 5.78 Å². The number of amides is 1. The minimum atomic E-state index is -0.724. The summed E-state index contributed by atoms with van der Waals surface area (Å²) in [6.07, 6.45) is 0.901. The van der Waals surface area contributed by atoms with Gasteiger partial charge in [0.25, 0.3) is 5.91 Å². The van der Waals surface area contributed by atoms with Gasteiger partial charge in [0.05, 0.1) is 24.4 Å². The Morgan fingerprint density at radius 2 is 1.55 bits per heavy atom. The van der Waals surface area contributed by atoms with Gasteiger partial charge in [-0.1, -0.05) is 84.9 Å². The third kappa shape index (κ3) is 8.36. The Kier molecular flexibility index (Phi) is 11.3. The molecule has 4 rings (SSSR count). The fourth-order valence-corrected chi connectivity index (χ4v) is 4.92. The molecule has 0 aromatic heterocycles. The van der Waals surface area contributed by atoms with Crippen molar-refractivity contribution in [3.63, 3.8) is 0 Å². The minimum absolute atomic E-state index is 0.141. The van der Waals surface area contributed by atoms with Crippen LogP contribution in [0.1, 0.15) is 34.8 Å². The number of hydrogen-bond donors (Lipinski definition) is 1. The first-order valence-electron chi connectivity index (χ1n) is 14.2. The summed E-state index contributed by atoms with van der Waals surface area (Å²) in [5.74, 6) is -0.119. The van der Waals surface area contributed by atoms with Gasteiger partial charge < -0.3 is 19.7 Å². The van der Waals surface area contributed by atoms with Gasteiger partial charge in [-0.3, -0.25) is 9.59 Å². The largest absolute Gasteiger partial charge is 0.494 e. The predicted octanol–water partition coefficient (Wildman–Crippen LogP) is 7.15. The molecule has 8 heteroatoms. The molecule has 4 aromatic rings. The van der Waals surface area contributed by atoms with Crippen LogP contribution in [0.3, 0.4) is 0 Å². The Labute approximate surface area is 263 Å². The molecule has 0 fully saturated rings. The summed E-state index contributed by atoms with van der Waals surface area (Å²) in [7, 11) is 1.34. The van der Waals surface area contributed by atoms with Crippen molar-refractivity contribution >= 4 is 40.6 Å². The van der Waals surface area contributed by atoms with E-state index >= 15 is 0 Å². The van der Waals surface area contributed by atoms with Crippen LogP contribution in [0.2, 0.25) is 5.02 Å². The molecule has 0 aliphatic heterocycles. The van der Waals surface area contributed by atoms with Crippen molar-refractivity contribution < 1.29 is 23.9 Å². The smallest absolute Gasteiger partial charge is 0.328 e. The van der Waals surface area contributed by atoms with Gasteiger partial charge in [-0.05, 0) is 55.3 Å². The number of carbonyl (C=O) groups is 3. The van der Waals surface area contributed by atoms with Gasteiger partial charge in [-0.2, -0.15) is 0 Å². The Morgan fingerprint density at radius 1 is 0.886 bits per heavy atom. The van der Waals surface area contributed by atoms with Crippen LogP contribution in [0, 0.1) is 0 Å². The molecule has 0 aliphatic carbocycles. The Balaban J connectivity index is 1.38. The first-order chi connectivity index (χ1) is 21.3. The summed E-state index contributed by atoms with van der Waals surface area (Å²) in [5.41, 5.74) is 3.51. The van der Waals surface area contributed by atoms with E-state index in [1.807, 2.05) is 60.7 Å². The quantitative estimate of drug-likeness (QED) is 0.0707. The van der Waals surface area contributed by atoms with E-state index in [0.29, 0.717) is 64.8 Å². The fourth-order valence-electron chi connectivity index (χ4n) is 4.68. The van der Waals surface area contributed by atoms with Crippen LogP contribution >= 0.6 is 11.6 Å². The standard InChI is InChI=1S/C36H35ClN2O5/c1-25(2)35(41)39(33-17-10-8-15-30(33)37)22-11-23-44-28-20-18-26(19-21-28)24-32(36(42)43-3)38-31-16-9-7-14-29(31)34(40)27-12-5-4-6-13-27/h4-10,12-21,32,38H,1,11,22-24H2,2-3H3. The molecule has 0 spiro atoms. The zero-order chi connectivity index (χ0) is 31.5. The number of nitrogens with zero attached hydrogens (tertiary/aromatic N) is 1. The van der Waals surface area contributed by atoms with Crippen LogP contribution in [0.15, 0.2) is 115 Å². The van der Waals surface area contributed by atoms with E-state index in [1.54, 1.807) is 54.3 Å². The molecule has 7 nitrogen and oxygen atoms in total. The molecule has 0 heterocycles. The molecule has 1 atom stereocenters. The van der Waals surface area contributed by atoms with E-state index < -0.39 is 12.0 Å². The molecular formula is C36H35ClN2O5. The van der Waals surface area contributed by atoms with Gasteiger partial charge in [-0.25, -0.2) is 4.79 Å². The van der Waals surface area contributed by atoms with Crippen LogP contribution in [0.5, 0.6) is 5.75 Å². The average molecular weight is 611 g/mol. The number of ether oxygens (including phenoxy) is 2. The van der Waals surface area contributed by atoms with Crippen LogP contribution in [0.25, 0.3) is 0 Å². The Bertz CT molecular complexity index is 1600. The van der Waals surface area contributed by atoms with Crippen molar-refractivity contribution in [1.82, 2.24) is 0 Å². The van der Waals surface area contributed by atoms with E-state index in [2.05, 4.69) is 11.9 Å². The summed E-state index contributed by atoms with van der Waals surface area (Å²) < 4.78 is 11.0. The second kappa shape index (κ2) is 15.5. The number of ketones is 1. The second-order valence-corrected chi connectivity index (χ2v) is 10.6. The highest BCUT2D eigenvalue weighted by Gasteiger charge is 2.23. The summed E-state index contributed by atoms with van der Waals surface area (Å²) in [6.45, 7) is 6.25. The molecule has 1 unspecified atom stereocenters. The third-order valence-electron chi connectivity index (χ3n) is 6.93. The van der Waals surface area contributed by atoms with Crippen LogP contribution < -0.4 is 15.0 Å². The van der Waals surface area contributed by atoms with Crippen molar-refractivity contribution in [2.45, 2.75) is 25.8 Å². The van der Waals surface area contributed by atoms with Crippen LogP contribution in [-0.2, 0) is 20.7 Å². The third-order valence-corrected chi connectivity index (χ3v) is 7.25. The summed E-state index contributed by atoms with van der Waals surface area (Å²) >= 11 is 6.34. The van der Waals surface area contributed by atoms with E-state index in [4.69, 9.17) is 21.1 Å². The highest BCUT2D eigenvalue weighted by Crippen LogP contribution is 2.27. The zero-order valence-corrected chi connectivity index (χ0v) is 25.6. The molecule has 0 aliphatic rings. The number of benzene rings is 4. The van der Waals surface area contributed by atoms with Gasteiger partial charge >= 0.3 is 5.97 Å². The minimum Gasteiger partial charge on any atom is -0.494 e. The normalized spacial score (nSPS) is 11.2. The highest BCUT2D eigenvalue weighted by atomic mass is 35.5. The molecule has 226 valence electrons. The molecular weight excluding hydrogens is 576 g/mol. The lowest BCUT2D eigenvalue weighted by molar-refractivity contribution is -0.141. The fraction of sp³-hybridized carbons (Fsp3) is 0.194. The maximum absolute atomic E-state index is 13.2. The first-order valence-corrected chi connectivity index (χ1v) is 14.6. The van der Waals surface area contributed by atoms with Gasteiger partial charge in [-0.15, -0.1) is 0 Å². The molecule has 44 heavy (non-hydrogen) atoms. The van der Waals surface area contributed by atoms with Crippen molar-refractivity contribution in [1.29, 1.82) is 0 Å². The molecule has 0 bridgehead atoms. The van der Waals surface area contributed by atoms with Gasteiger partial charge in [0, 0.05) is 35.4 Å². The average Bonchev–Trinajstić information content (AvgIpc) is 3.05. The van der Waals surface area contributed by atoms with E-state index in [9.17, 15) is 14.4 Å². The summed E-state index contributed by atoms with van der Waals surface area (Å²) in [6, 6.07) is 30.0. The van der Waals surface area contributed by atoms with E-state index in [-0.39, 0.29) is 11.7 Å². The van der Waals surface area contributed by atoms with Crippen molar-refractivity contribution in [3.8, 4) is 5.75 Å². The lowest BCUT2D eigenvalue weighted by Gasteiger charge is -2.24. The van der Waals surface area contributed by atoms with Gasteiger partial charge in [0.2, 0.25) is 0 Å². The Hall–Kier alpha value is -4.88. The first kappa shape index (κ1) is 32.0. The van der Waals surface area contributed by atoms with Crippen molar-refractivity contribution in [2.24, 2.45) is 0 Å². The molecule has 1 amide bonds. The van der Waals surface area contributed by atoms with Gasteiger partial charge in [0.1, 0.15) is 11.8 Å². The Morgan fingerprint density at radius 3 is 2.23 bits per heavy atom. The van der Waals surface area contributed by atoms with Crippen LogP contribution in [0.4, 0.5) is 11.4 Å². The number of anilines is 2. The van der Waals surface area contributed by atoms with E-state index in [0.717, 1.165) is 5.56 Å². The lowest BCUT2D eigenvalue weighted by atomic mass is 10.00. The number of hydrogen-bond acceptors (Lipinski definition) is 6. The molecule has 0 saturated heterocycles. The maximum atomic E-state index is 13.2. The van der Waals surface area contributed by atoms with E-state index in [1.165, 1.54) is 7.11 Å². The number of carbonyl (C=O) groups excluding carboxylic acids is 3. The second-order valence-electron chi connectivity index (χ2n) is 10.2. The number of rotatable bonds is 14. The lowest BCUT2D eigenvalue weighted by Crippen LogP contribution is -2.33. The monoisotopic (exact) mass is 610 g/mol. The summed E-state index contributed by atoms with van der Waals surface area (Å²) in [5, 5.41) is 3.71.